The molecule has 1 N–H and O–H groups in total. The van der Waals surface area contributed by atoms with Crippen molar-refractivity contribution < 1.29 is 14.3 Å². The third-order valence-corrected chi connectivity index (χ3v) is 3.27. The minimum absolute atomic E-state index is 0.0484. The van der Waals surface area contributed by atoms with Gasteiger partial charge in [-0.15, -0.1) is 6.42 Å². The summed E-state index contributed by atoms with van der Waals surface area (Å²) in [4.78, 5) is 12.0. The number of hydrogen-bond donors (Lipinski definition) is 1. The van der Waals surface area contributed by atoms with Crippen molar-refractivity contribution in [1.29, 1.82) is 0 Å². The van der Waals surface area contributed by atoms with Crippen molar-refractivity contribution >= 4 is 5.91 Å². The van der Waals surface area contributed by atoms with Crippen LogP contribution in [-0.4, -0.2) is 36.0 Å². The van der Waals surface area contributed by atoms with Crippen LogP contribution in [-0.2, 0) is 29.0 Å². The predicted molar refractivity (Wildman–Crippen MR) is 90.4 cm³/mol. The van der Waals surface area contributed by atoms with Gasteiger partial charge in [-0.3, -0.25) is 9.48 Å². The van der Waals surface area contributed by atoms with Gasteiger partial charge in [0.25, 0.3) is 0 Å². The first-order chi connectivity index (χ1) is 11.7. The number of ether oxygens (including phenoxy) is 2. The summed E-state index contributed by atoms with van der Waals surface area (Å²) in [6.07, 6.45) is 9.07. The Kier molecular flexibility index (Phi) is 6.87. The lowest BCUT2D eigenvalue weighted by Gasteiger charge is -2.07. The molecule has 1 amide bonds. The maximum absolute atomic E-state index is 12.0. The summed E-state index contributed by atoms with van der Waals surface area (Å²) in [5, 5.41) is 6.98. The average Bonchev–Trinajstić information content (AvgIpc) is 3.03. The molecular formula is C18H21N3O3. The lowest BCUT2D eigenvalue weighted by molar-refractivity contribution is -0.120. The van der Waals surface area contributed by atoms with Crippen LogP contribution in [0.2, 0.25) is 0 Å². The minimum atomic E-state index is -0.0484. The summed E-state index contributed by atoms with van der Waals surface area (Å²) in [5.74, 6) is 3.22. The van der Waals surface area contributed by atoms with Crippen molar-refractivity contribution in [3.05, 3.63) is 47.8 Å². The van der Waals surface area contributed by atoms with Gasteiger partial charge in [0, 0.05) is 25.4 Å². The fourth-order valence-electron chi connectivity index (χ4n) is 2.07. The molecule has 0 unspecified atom stereocenters. The van der Waals surface area contributed by atoms with Gasteiger partial charge in [0.05, 0.1) is 19.2 Å². The summed E-state index contributed by atoms with van der Waals surface area (Å²) in [5.41, 5.74) is 1.84. The number of carbonyl (C=O) groups excluding carboxylic acids is 1. The second kappa shape index (κ2) is 9.38. The molecule has 0 aliphatic carbocycles. The third kappa shape index (κ3) is 5.78. The van der Waals surface area contributed by atoms with Crippen LogP contribution < -0.4 is 10.1 Å². The highest BCUT2D eigenvalue weighted by molar-refractivity contribution is 5.78. The van der Waals surface area contributed by atoms with Gasteiger partial charge in [-0.25, -0.2) is 0 Å². The van der Waals surface area contributed by atoms with Gasteiger partial charge in [-0.05, 0) is 17.7 Å². The highest BCUT2D eigenvalue weighted by Gasteiger charge is 2.05. The molecule has 1 aromatic carbocycles. The number of amides is 1. The summed E-state index contributed by atoms with van der Waals surface area (Å²) < 4.78 is 12.1. The van der Waals surface area contributed by atoms with Crippen molar-refractivity contribution in [1.82, 2.24) is 15.1 Å². The maximum atomic E-state index is 12.0. The number of terminal acetylenes is 1. The van der Waals surface area contributed by atoms with E-state index in [0.29, 0.717) is 32.7 Å². The number of benzene rings is 1. The molecule has 0 spiro atoms. The van der Waals surface area contributed by atoms with Gasteiger partial charge >= 0.3 is 0 Å². The minimum Gasteiger partial charge on any atom is -0.491 e. The van der Waals surface area contributed by atoms with Crippen molar-refractivity contribution in [3.63, 3.8) is 0 Å². The molecule has 0 saturated heterocycles. The van der Waals surface area contributed by atoms with Gasteiger partial charge in [0.1, 0.15) is 18.9 Å². The van der Waals surface area contributed by atoms with Gasteiger partial charge in [0.2, 0.25) is 5.91 Å². The van der Waals surface area contributed by atoms with Crippen molar-refractivity contribution in [2.45, 2.75) is 19.5 Å². The molecule has 0 aliphatic heterocycles. The number of aromatic nitrogens is 2. The standard InChI is InChI=1S/C18H21N3O3/c1-3-8-21-14-16(13-20-21)12-19-18(22)11-15-4-6-17(7-5-15)24-10-9-23-2/h1,4-7,13-14H,8-12H2,2H3,(H,19,22). The fraction of sp³-hybridized carbons (Fsp3) is 0.333. The molecular weight excluding hydrogens is 306 g/mol. The van der Waals surface area contributed by atoms with E-state index < -0.39 is 0 Å². The smallest absolute Gasteiger partial charge is 0.224 e. The summed E-state index contributed by atoms with van der Waals surface area (Å²) in [6, 6.07) is 7.46. The Morgan fingerprint density at radius 1 is 1.29 bits per heavy atom. The third-order valence-electron chi connectivity index (χ3n) is 3.27. The lowest BCUT2D eigenvalue weighted by Crippen LogP contribution is -2.24. The molecule has 6 nitrogen and oxygen atoms in total. The Hall–Kier alpha value is -2.78. The highest BCUT2D eigenvalue weighted by Crippen LogP contribution is 2.12. The molecule has 0 fully saturated rings. The molecule has 0 saturated carbocycles. The highest BCUT2D eigenvalue weighted by atomic mass is 16.5. The molecule has 24 heavy (non-hydrogen) atoms. The maximum Gasteiger partial charge on any atom is 0.224 e. The number of hydrogen-bond acceptors (Lipinski definition) is 4. The molecule has 0 bridgehead atoms. The van der Waals surface area contributed by atoms with Crippen LogP contribution in [0.15, 0.2) is 36.7 Å². The molecule has 2 rings (SSSR count). The van der Waals surface area contributed by atoms with E-state index >= 15 is 0 Å². The first-order valence-corrected chi connectivity index (χ1v) is 7.63. The second-order valence-corrected chi connectivity index (χ2v) is 5.19. The van der Waals surface area contributed by atoms with Crippen LogP contribution in [0.1, 0.15) is 11.1 Å². The van der Waals surface area contributed by atoms with Gasteiger partial charge < -0.3 is 14.8 Å². The Balaban J connectivity index is 1.76. The van der Waals surface area contributed by atoms with Crippen LogP contribution in [0, 0.1) is 12.3 Å². The normalized spacial score (nSPS) is 10.2. The largest absolute Gasteiger partial charge is 0.491 e. The zero-order chi connectivity index (χ0) is 17.2. The number of carbonyl (C=O) groups is 1. The quantitative estimate of drug-likeness (QED) is 0.558. The number of nitrogens with one attached hydrogen (secondary N) is 1. The summed E-state index contributed by atoms with van der Waals surface area (Å²) >= 11 is 0. The van der Waals surface area contributed by atoms with E-state index in [1.807, 2.05) is 30.5 Å². The predicted octanol–water partition coefficient (Wildman–Crippen LogP) is 1.40. The van der Waals surface area contributed by atoms with Gasteiger partial charge in [-0.1, -0.05) is 18.1 Å². The summed E-state index contributed by atoms with van der Waals surface area (Å²) in [6.45, 7) is 1.90. The van der Waals surface area contributed by atoms with Crippen LogP contribution in [0.5, 0.6) is 5.75 Å². The van der Waals surface area contributed by atoms with Crippen LogP contribution >= 0.6 is 0 Å². The second-order valence-electron chi connectivity index (χ2n) is 5.19. The number of rotatable bonds is 9. The molecule has 0 aliphatic rings. The first-order valence-electron chi connectivity index (χ1n) is 7.63. The van der Waals surface area contributed by atoms with E-state index in [-0.39, 0.29) is 5.91 Å². The monoisotopic (exact) mass is 327 g/mol. The molecule has 1 aromatic heterocycles. The summed E-state index contributed by atoms with van der Waals surface area (Å²) in [7, 11) is 1.63. The topological polar surface area (TPSA) is 65.4 Å². The number of nitrogens with zero attached hydrogens (tertiary/aromatic N) is 2. The molecule has 2 aromatic rings. The van der Waals surface area contributed by atoms with Crippen LogP contribution in [0.3, 0.4) is 0 Å². The zero-order valence-corrected chi connectivity index (χ0v) is 13.7. The van der Waals surface area contributed by atoms with E-state index in [1.165, 1.54) is 0 Å². The van der Waals surface area contributed by atoms with Crippen LogP contribution in [0.25, 0.3) is 0 Å². The fourth-order valence-corrected chi connectivity index (χ4v) is 2.07. The number of methoxy groups -OCH3 is 1. The molecule has 6 heteroatoms. The van der Waals surface area contributed by atoms with E-state index in [1.54, 1.807) is 18.0 Å². The van der Waals surface area contributed by atoms with E-state index in [0.717, 1.165) is 16.9 Å². The van der Waals surface area contributed by atoms with Crippen molar-refractivity contribution in [2.24, 2.45) is 0 Å². The van der Waals surface area contributed by atoms with Gasteiger partial charge in [-0.2, -0.15) is 5.10 Å². The van der Waals surface area contributed by atoms with E-state index in [2.05, 4.69) is 16.3 Å². The SMILES string of the molecule is C#CCn1cc(CNC(=O)Cc2ccc(OCCOC)cc2)cn1. The lowest BCUT2D eigenvalue weighted by atomic mass is 10.1. The van der Waals surface area contributed by atoms with Gasteiger partial charge in [0.15, 0.2) is 0 Å². The van der Waals surface area contributed by atoms with Crippen molar-refractivity contribution in [2.75, 3.05) is 20.3 Å². The Labute approximate surface area is 141 Å². The molecule has 0 atom stereocenters. The first kappa shape index (κ1) is 17.6. The average molecular weight is 327 g/mol. The van der Waals surface area contributed by atoms with E-state index in [4.69, 9.17) is 15.9 Å². The van der Waals surface area contributed by atoms with Crippen LogP contribution in [0.4, 0.5) is 0 Å². The Morgan fingerprint density at radius 2 is 2.08 bits per heavy atom. The molecule has 1 heterocycles. The Bertz CT molecular complexity index is 686. The van der Waals surface area contributed by atoms with E-state index in [9.17, 15) is 4.79 Å². The molecule has 126 valence electrons. The Morgan fingerprint density at radius 3 is 2.79 bits per heavy atom. The molecule has 0 radical (unpaired) electrons. The zero-order valence-electron chi connectivity index (χ0n) is 13.7. The van der Waals surface area contributed by atoms with Crippen molar-refractivity contribution in [3.8, 4) is 18.1 Å².